The topological polar surface area (TPSA) is 88.3 Å². The summed E-state index contributed by atoms with van der Waals surface area (Å²) in [6.45, 7) is 4.17. The van der Waals surface area contributed by atoms with Gasteiger partial charge in [-0.15, -0.1) is 10.2 Å². The molecule has 4 aromatic rings. The number of pyridine rings is 2. The van der Waals surface area contributed by atoms with Gasteiger partial charge in [-0.1, -0.05) is 6.07 Å². The fourth-order valence-corrected chi connectivity index (χ4v) is 3.76. The van der Waals surface area contributed by atoms with Gasteiger partial charge in [0, 0.05) is 49.7 Å². The molecule has 1 amide bonds. The Labute approximate surface area is 173 Å². The van der Waals surface area contributed by atoms with E-state index in [9.17, 15) is 4.79 Å². The van der Waals surface area contributed by atoms with Gasteiger partial charge in [0.05, 0.1) is 11.4 Å². The maximum Gasteiger partial charge on any atom is 0.270 e. The lowest BCUT2D eigenvalue weighted by Gasteiger charge is -2.39. The van der Waals surface area contributed by atoms with Crippen LogP contribution in [0.15, 0.2) is 61.1 Å². The van der Waals surface area contributed by atoms with E-state index in [0.717, 1.165) is 41.5 Å². The highest BCUT2D eigenvalue weighted by atomic mass is 16.1. The first kappa shape index (κ1) is 18.2. The molecule has 30 heavy (non-hydrogen) atoms. The van der Waals surface area contributed by atoms with Crippen LogP contribution in [-0.2, 0) is 0 Å². The second-order valence-corrected chi connectivity index (χ2v) is 7.47. The fraction of sp³-hybridized carbons (Fsp3) is 0.227. The van der Waals surface area contributed by atoms with Crippen LogP contribution >= 0.6 is 0 Å². The van der Waals surface area contributed by atoms with Crippen molar-refractivity contribution in [1.82, 2.24) is 29.9 Å². The fourth-order valence-electron chi connectivity index (χ4n) is 3.76. The third kappa shape index (κ3) is 3.36. The molecule has 1 N–H and O–H groups in total. The first-order valence-electron chi connectivity index (χ1n) is 9.90. The molecule has 0 unspecified atom stereocenters. The normalized spacial score (nSPS) is 14.0. The van der Waals surface area contributed by atoms with Crippen molar-refractivity contribution in [3.05, 3.63) is 72.4 Å². The number of nitrogens with zero attached hydrogens (tertiary/aromatic N) is 6. The molecule has 0 spiro atoms. The SMILES string of the molecule is Cc1nc2ccccn2c1C(=O)NCC1CN(c2ccc(-c3ccncc3)nn2)C1. The van der Waals surface area contributed by atoms with Gasteiger partial charge in [-0.05, 0) is 43.3 Å². The summed E-state index contributed by atoms with van der Waals surface area (Å²) in [5, 5.41) is 11.7. The number of carbonyl (C=O) groups excluding carboxylic acids is 1. The lowest BCUT2D eigenvalue weighted by Crippen LogP contribution is -2.52. The summed E-state index contributed by atoms with van der Waals surface area (Å²) < 4.78 is 1.83. The Balaban J connectivity index is 1.17. The number of carbonyl (C=O) groups is 1. The highest BCUT2D eigenvalue weighted by molar-refractivity contribution is 5.94. The molecule has 1 saturated heterocycles. The molecule has 0 saturated carbocycles. The van der Waals surface area contributed by atoms with E-state index < -0.39 is 0 Å². The first-order chi connectivity index (χ1) is 14.7. The average molecular weight is 399 g/mol. The van der Waals surface area contributed by atoms with E-state index in [0.29, 0.717) is 18.2 Å². The Morgan fingerprint density at radius 1 is 1.10 bits per heavy atom. The van der Waals surface area contributed by atoms with Crippen molar-refractivity contribution in [2.75, 3.05) is 24.5 Å². The maximum atomic E-state index is 12.7. The summed E-state index contributed by atoms with van der Waals surface area (Å²) in [5.41, 5.74) is 3.94. The summed E-state index contributed by atoms with van der Waals surface area (Å²) in [6, 6.07) is 13.5. The van der Waals surface area contributed by atoms with Crippen LogP contribution in [0.25, 0.3) is 16.9 Å². The van der Waals surface area contributed by atoms with Crippen LogP contribution in [0, 0.1) is 12.8 Å². The number of fused-ring (bicyclic) bond motifs is 1. The second-order valence-electron chi connectivity index (χ2n) is 7.47. The number of hydrogen-bond donors (Lipinski definition) is 1. The predicted molar refractivity (Wildman–Crippen MR) is 113 cm³/mol. The highest BCUT2D eigenvalue weighted by Crippen LogP contribution is 2.24. The molecule has 1 aliphatic heterocycles. The van der Waals surface area contributed by atoms with Crippen LogP contribution in [0.2, 0.25) is 0 Å². The van der Waals surface area contributed by atoms with E-state index >= 15 is 0 Å². The van der Waals surface area contributed by atoms with Crippen molar-refractivity contribution in [2.24, 2.45) is 5.92 Å². The molecule has 0 aliphatic carbocycles. The smallest absolute Gasteiger partial charge is 0.270 e. The van der Waals surface area contributed by atoms with Gasteiger partial charge in [0.2, 0.25) is 0 Å². The van der Waals surface area contributed by atoms with Gasteiger partial charge in [0.15, 0.2) is 5.82 Å². The van der Waals surface area contributed by atoms with E-state index in [1.54, 1.807) is 12.4 Å². The third-order valence-corrected chi connectivity index (χ3v) is 5.38. The van der Waals surface area contributed by atoms with E-state index in [4.69, 9.17) is 0 Å². The van der Waals surface area contributed by atoms with Crippen molar-refractivity contribution in [3.63, 3.8) is 0 Å². The Morgan fingerprint density at radius 2 is 1.93 bits per heavy atom. The molecule has 0 atom stereocenters. The number of rotatable bonds is 5. The molecule has 0 aromatic carbocycles. The molecule has 8 heteroatoms. The van der Waals surface area contributed by atoms with Gasteiger partial charge in [0.1, 0.15) is 11.3 Å². The first-order valence-corrected chi connectivity index (χ1v) is 9.90. The number of aryl methyl sites for hydroxylation is 1. The van der Waals surface area contributed by atoms with Crippen LogP contribution in [0.1, 0.15) is 16.2 Å². The molecule has 150 valence electrons. The minimum Gasteiger partial charge on any atom is -0.354 e. The summed E-state index contributed by atoms with van der Waals surface area (Å²) in [7, 11) is 0. The lowest BCUT2D eigenvalue weighted by molar-refractivity contribution is 0.0938. The molecule has 0 bridgehead atoms. The lowest BCUT2D eigenvalue weighted by atomic mass is 10.00. The predicted octanol–water partition coefficient (Wildman–Crippen LogP) is 2.36. The summed E-state index contributed by atoms with van der Waals surface area (Å²) in [5.74, 6) is 1.15. The zero-order valence-electron chi connectivity index (χ0n) is 16.6. The van der Waals surface area contributed by atoms with Crippen molar-refractivity contribution >= 4 is 17.4 Å². The largest absolute Gasteiger partial charge is 0.354 e. The molecule has 4 aromatic heterocycles. The Bertz CT molecular complexity index is 1180. The van der Waals surface area contributed by atoms with Crippen molar-refractivity contribution < 1.29 is 4.79 Å². The zero-order chi connectivity index (χ0) is 20.5. The van der Waals surface area contributed by atoms with Crippen molar-refractivity contribution in [1.29, 1.82) is 0 Å². The molecule has 8 nitrogen and oxygen atoms in total. The van der Waals surface area contributed by atoms with Crippen LogP contribution in [-0.4, -0.2) is 50.1 Å². The van der Waals surface area contributed by atoms with E-state index in [1.807, 2.05) is 60.0 Å². The molecular weight excluding hydrogens is 378 g/mol. The molecule has 5 rings (SSSR count). The van der Waals surface area contributed by atoms with Gasteiger partial charge in [-0.2, -0.15) is 0 Å². The number of imidazole rings is 1. The minimum atomic E-state index is -0.0915. The van der Waals surface area contributed by atoms with E-state index in [2.05, 4.69) is 30.4 Å². The van der Waals surface area contributed by atoms with Gasteiger partial charge in [0.25, 0.3) is 5.91 Å². The number of amides is 1. The Hall–Kier alpha value is -3.81. The zero-order valence-corrected chi connectivity index (χ0v) is 16.6. The van der Waals surface area contributed by atoms with Crippen molar-refractivity contribution in [2.45, 2.75) is 6.92 Å². The molecule has 5 heterocycles. The van der Waals surface area contributed by atoms with Gasteiger partial charge in [-0.25, -0.2) is 4.98 Å². The van der Waals surface area contributed by atoms with E-state index in [1.165, 1.54) is 0 Å². The van der Waals surface area contributed by atoms with Crippen LogP contribution in [0.3, 0.4) is 0 Å². The number of hydrogen-bond acceptors (Lipinski definition) is 6. The average Bonchev–Trinajstić information content (AvgIpc) is 3.09. The number of nitrogens with one attached hydrogen (secondary N) is 1. The standard InChI is InChI=1S/C22H21N7O/c1-15-21(29-11-3-2-4-19(29)25-15)22(30)24-12-16-13-28(14-16)20-6-5-18(26-27-20)17-7-9-23-10-8-17/h2-11,16H,12-14H2,1H3,(H,24,30). The monoisotopic (exact) mass is 399 g/mol. The van der Waals surface area contributed by atoms with Crippen LogP contribution in [0.5, 0.6) is 0 Å². The van der Waals surface area contributed by atoms with Crippen molar-refractivity contribution in [3.8, 4) is 11.3 Å². The van der Waals surface area contributed by atoms with Gasteiger partial charge in [-0.3, -0.25) is 14.2 Å². The summed E-state index contributed by atoms with van der Waals surface area (Å²) in [4.78, 5) is 23.3. The minimum absolute atomic E-state index is 0.0915. The summed E-state index contributed by atoms with van der Waals surface area (Å²) >= 11 is 0. The Morgan fingerprint density at radius 3 is 2.70 bits per heavy atom. The second kappa shape index (κ2) is 7.55. The number of aromatic nitrogens is 5. The van der Waals surface area contributed by atoms with Crippen LogP contribution in [0.4, 0.5) is 5.82 Å². The summed E-state index contributed by atoms with van der Waals surface area (Å²) in [6.07, 6.45) is 5.35. The van der Waals surface area contributed by atoms with Gasteiger partial charge < -0.3 is 10.2 Å². The Kier molecular flexibility index (Phi) is 4.59. The highest BCUT2D eigenvalue weighted by Gasteiger charge is 2.29. The maximum absolute atomic E-state index is 12.7. The van der Waals surface area contributed by atoms with Gasteiger partial charge >= 0.3 is 0 Å². The third-order valence-electron chi connectivity index (χ3n) is 5.38. The molecule has 1 aliphatic rings. The molecule has 0 radical (unpaired) electrons. The quantitative estimate of drug-likeness (QED) is 0.554. The molecule has 1 fully saturated rings. The molecular formula is C22H21N7O. The van der Waals surface area contributed by atoms with E-state index in [-0.39, 0.29) is 5.91 Å². The number of anilines is 1. The van der Waals surface area contributed by atoms with Crippen LogP contribution < -0.4 is 10.2 Å².